The van der Waals surface area contributed by atoms with Crippen LogP contribution in [0.2, 0.25) is 0 Å². The quantitative estimate of drug-likeness (QED) is 0.574. The molecule has 1 aromatic carbocycles. The van der Waals surface area contributed by atoms with Crippen molar-refractivity contribution in [1.82, 2.24) is 24.1 Å². The van der Waals surface area contributed by atoms with E-state index in [1.54, 1.807) is 24.5 Å². The summed E-state index contributed by atoms with van der Waals surface area (Å²) in [6.45, 7) is 10.3. The van der Waals surface area contributed by atoms with Crippen molar-refractivity contribution in [2.24, 2.45) is 0 Å². The van der Waals surface area contributed by atoms with Crippen LogP contribution in [0.5, 0.6) is 0 Å². The van der Waals surface area contributed by atoms with Crippen molar-refractivity contribution in [2.75, 3.05) is 18.4 Å². The zero-order valence-electron chi connectivity index (χ0n) is 20.5. The average molecular weight is 499 g/mol. The predicted molar refractivity (Wildman–Crippen MR) is 131 cm³/mol. The van der Waals surface area contributed by atoms with Gasteiger partial charge in [-0.1, -0.05) is 20.8 Å². The summed E-state index contributed by atoms with van der Waals surface area (Å²) >= 11 is 0. The smallest absolute Gasteiger partial charge is 0.256 e. The molecule has 1 aliphatic heterocycles. The van der Waals surface area contributed by atoms with Crippen LogP contribution in [0.15, 0.2) is 53.7 Å². The lowest BCUT2D eigenvalue weighted by Crippen LogP contribution is -2.48. The summed E-state index contributed by atoms with van der Waals surface area (Å²) in [5, 5.41) is 7.45. The predicted octanol–water partition coefficient (Wildman–Crippen LogP) is 3.01. The maximum Gasteiger partial charge on any atom is 0.256 e. The minimum Gasteiger partial charge on any atom is -0.373 e. The molecule has 3 heterocycles. The standard InChI is InChI=1S/C24H30N6O4S/c1-16-14-29(15-17(2)34-16)35(32,33)19-9-7-18(8-10-19)22(31)27-21-13-20(24(3,4)5)28-30(21)23-25-11-6-12-26-23/h6-13,16-17H,14-15H2,1-5H3,(H,27,31). The molecule has 35 heavy (non-hydrogen) atoms. The summed E-state index contributed by atoms with van der Waals surface area (Å²) < 4.78 is 34.7. The molecule has 0 aliphatic carbocycles. The molecule has 1 amide bonds. The normalized spacial score (nSPS) is 19.5. The van der Waals surface area contributed by atoms with E-state index in [0.29, 0.717) is 17.3 Å². The van der Waals surface area contributed by atoms with Gasteiger partial charge in [-0.15, -0.1) is 0 Å². The molecule has 1 aliphatic rings. The second-order valence-corrected chi connectivity index (χ2v) is 11.6. The number of ether oxygens (including phenoxy) is 1. The summed E-state index contributed by atoms with van der Waals surface area (Å²) in [5.74, 6) is 0.341. The van der Waals surface area contributed by atoms with Crippen LogP contribution < -0.4 is 5.32 Å². The fourth-order valence-corrected chi connectivity index (χ4v) is 5.42. The Bertz CT molecular complexity index is 1290. The molecule has 2 aromatic heterocycles. The van der Waals surface area contributed by atoms with Gasteiger partial charge in [-0.25, -0.2) is 18.4 Å². The van der Waals surface area contributed by atoms with Gasteiger partial charge in [0.2, 0.25) is 10.0 Å². The van der Waals surface area contributed by atoms with Gasteiger partial charge in [0.25, 0.3) is 11.9 Å². The van der Waals surface area contributed by atoms with E-state index < -0.39 is 15.9 Å². The third kappa shape index (κ3) is 5.42. The van der Waals surface area contributed by atoms with Crippen molar-refractivity contribution in [3.05, 3.63) is 60.0 Å². The lowest BCUT2D eigenvalue weighted by molar-refractivity contribution is -0.0440. The Morgan fingerprint density at radius 3 is 2.23 bits per heavy atom. The van der Waals surface area contributed by atoms with Gasteiger partial charge in [0.05, 0.1) is 22.8 Å². The monoisotopic (exact) mass is 498 g/mol. The van der Waals surface area contributed by atoms with Crippen molar-refractivity contribution in [3.8, 4) is 5.95 Å². The van der Waals surface area contributed by atoms with Gasteiger partial charge in [0.15, 0.2) is 0 Å². The van der Waals surface area contributed by atoms with Gasteiger partial charge in [-0.05, 0) is 44.2 Å². The number of nitrogens with zero attached hydrogens (tertiary/aromatic N) is 5. The number of sulfonamides is 1. The summed E-state index contributed by atoms with van der Waals surface area (Å²) in [5.41, 5.74) is 0.812. The fourth-order valence-electron chi connectivity index (χ4n) is 3.83. The molecule has 3 aromatic rings. The average Bonchev–Trinajstić information content (AvgIpc) is 3.23. The first kappa shape index (κ1) is 25.0. The lowest BCUT2D eigenvalue weighted by Gasteiger charge is -2.34. The highest BCUT2D eigenvalue weighted by molar-refractivity contribution is 7.89. The Kier molecular flexibility index (Phi) is 6.76. The molecule has 0 saturated carbocycles. The van der Waals surface area contributed by atoms with Gasteiger partial charge in [0.1, 0.15) is 5.82 Å². The largest absolute Gasteiger partial charge is 0.373 e. The number of morpholine rings is 1. The Hall–Kier alpha value is -3.15. The number of nitrogens with one attached hydrogen (secondary N) is 1. The molecule has 0 bridgehead atoms. The van der Waals surface area contributed by atoms with Crippen molar-refractivity contribution in [1.29, 1.82) is 0 Å². The molecular weight excluding hydrogens is 468 g/mol. The van der Waals surface area contributed by atoms with Gasteiger partial charge in [-0.2, -0.15) is 14.1 Å². The van der Waals surface area contributed by atoms with Crippen molar-refractivity contribution in [3.63, 3.8) is 0 Å². The van der Waals surface area contributed by atoms with E-state index in [9.17, 15) is 13.2 Å². The van der Waals surface area contributed by atoms with Crippen LogP contribution in [0.4, 0.5) is 5.82 Å². The van der Waals surface area contributed by atoms with Crippen LogP contribution in [0.3, 0.4) is 0 Å². The summed E-state index contributed by atoms with van der Waals surface area (Å²) in [4.78, 5) is 21.6. The van der Waals surface area contributed by atoms with E-state index in [1.165, 1.54) is 33.3 Å². The van der Waals surface area contributed by atoms with Crippen molar-refractivity contribution in [2.45, 2.75) is 57.1 Å². The van der Waals surface area contributed by atoms with Gasteiger partial charge >= 0.3 is 0 Å². The van der Waals surface area contributed by atoms with E-state index in [2.05, 4.69) is 20.4 Å². The maximum atomic E-state index is 13.1. The van der Waals surface area contributed by atoms with Crippen molar-refractivity contribution < 1.29 is 17.9 Å². The number of hydrogen-bond donors (Lipinski definition) is 1. The fraction of sp³-hybridized carbons (Fsp3) is 0.417. The van der Waals surface area contributed by atoms with Gasteiger partial charge in [-0.3, -0.25) is 4.79 Å². The van der Waals surface area contributed by atoms with Gasteiger partial charge in [0, 0.05) is 42.5 Å². The van der Waals surface area contributed by atoms with Crippen LogP contribution >= 0.6 is 0 Å². The molecule has 1 N–H and O–H groups in total. The van der Waals surface area contributed by atoms with Crippen LogP contribution in [-0.2, 0) is 20.2 Å². The SMILES string of the molecule is CC1CN(S(=O)(=O)c2ccc(C(=O)Nc3cc(C(C)(C)C)nn3-c3ncccn3)cc2)CC(C)O1. The van der Waals surface area contributed by atoms with E-state index in [0.717, 1.165) is 5.69 Å². The summed E-state index contributed by atoms with van der Waals surface area (Å²) in [6, 6.07) is 9.39. The number of aromatic nitrogens is 4. The molecule has 1 saturated heterocycles. The topological polar surface area (TPSA) is 119 Å². The lowest BCUT2D eigenvalue weighted by atomic mass is 9.92. The second kappa shape index (κ2) is 9.48. The number of carbonyl (C=O) groups excluding carboxylic acids is 1. The first-order chi connectivity index (χ1) is 16.4. The number of anilines is 1. The Morgan fingerprint density at radius 2 is 1.66 bits per heavy atom. The van der Waals surface area contributed by atoms with Crippen molar-refractivity contribution >= 4 is 21.7 Å². The third-order valence-electron chi connectivity index (χ3n) is 5.60. The number of amides is 1. The molecular formula is C24H30N6O4S. The van der Waals surface area contributed by atoms with E-state index >= 15 is 0 Å². The minimum absolute atomic E-state index is 0.132. The number of rotatable bonds is 5. The Morgan fingerprint density at radius 1 is 1.06 bits per heavy atom. The van der Waals surface area contributed by atoms with Crippen LogP contribution in [0.1, 0.15) is 50.7 Å². The van der Waals surface area contributed by atoms with Gasteiger partial charge < -0.3 is 10.1 Å². The van der Waals surface area contributed by atoms with E-state index in [-0.39, 0.29) is 35.6 Å². The molecule has 10 nitrogen and oxygen atoms in total. The number of hydrogen-bond acceptors (Lipinski definition) is 7. The molecule has 11 heteroatoms. The molecule has 1 fully saturated rings. The zero-order chi connectivity index (χ0) is 25.4. The van der Waals surface area contributed by atoms with Crippen LogP contribution in [0.25, 0.3) is 5.95 Å². The van der Waals surface area contributed by atoms with Crippen LogP contribution in [0, 0.1) is 0 Å². The molecule has 2 unspecified atom stereocenters. The number of carbonyl (C=O) groups is 1. The molecule has 0 radical (unpaired) electrons. The zero-order valence-corrected chi connectivity index (χ0v) is 21.3. The minimum atomic E-state index is -3.69. The molecule has 0 spiro atoms. The Balaban J connectivity index is 1.57. The maximum absolute atomic E-state index is 13.1. The molecule has 4 rings (SSSR count). The van der Waals surface area contributed by atoms with E-state index in [4.69, 9.17) is 4.74 Å². The Labute approximate surface area is 205 Å². The highest BCUT2D eigenvalue weighted by Crippen LogP contribution is 2.26. The number of benzene rings is 1. The van der Waals surface area contributed by atoms with Crippen LogP contribution in [-0.4, -0.2) is 63.7 Å². The highest BCUT2D eigenvalue weighted by Gasteiger charge is 2.32. The van der Waals surface area contributed by atoms with E-state index in [1.807, 2.05) is 34.6 Å². The molecule has 2 atom stereocenters. The first-order valence-electron chi connectivity index (χ1n) is 11.4. The molecule has 186 valence electrons. The third-order valence-corrected chi connectivity index (χ3v) is 7.45. The second-order valence-electron chi connectivity index (χ2n) is 9.68. The first-order valence-corrected chi connectivity index (χ1v) is 12.8. The highest BCUT2D eigenvalue weighted by atomic mass is 32.2. The summed E-state index contributed by atoms with van der Waals surface area (Å²) in [7, 11) is -3.69. The summed E-state index contributed by atoms with van der Waals surface area (Å²) in [6.07, 6.45) is 2.83.